The van der Waals surface area contributed by atoms with Crippen molar-refractivity contribution < 1.29 is 4.42 Å². The largest absolute Gasteiger partial charge is 0.456 e. The second-order valence-corrected chi connectivity index (χ2v) is 13.5. The molecule has 2 aromatic heterocycles. The van der Waals surface area contributed by atoms with Crippen molar-refractivity contribution >= 4 is 38.3 Å². The van der Waals surface area contributed by atoms with Crippen LogP contribution in [0.25, 0.3) is 94.4 Å². The quantitative estimate of drug-likeness (QED) is 0.175. The molecule has 0 bridgehead atoms. The zero-order valence-corrected chi connectivity index (χ0v) is 28.9. The summed E-state index contributed by atoms with van der Waals surface area (Å²) in [7, 11) is 0. The van der Waals surface area contributed by atoms with Gasteiger partial charge in [-0.15, -0.1) is 0 Å². The standard InChI is InChI=1S/C49H33N3O/c1-3-11-36(12-4-1)47-50-48(37-13-5-2-6-14-37)52-49(51-47)38-25-23-35(24-26-38)42-16-9-17-45-46(42)43-31-41(28-29-44(43)53-45)34-20-18-33(19-21-34)40-27-22-32-10-7-8-15-39(32)30-40/h1-5,7-13,15-31H,6,14H2. The number of allylic oxidation sites excluding steroid dienone is 4. The SMILES string of the molecule is C1=CCCC(c2nc(-c3ccccc3)nc(-c3ccc(-c4cccc5oc6ccc(-c7ccc(-c8ccc9ccccc9c8)cc7)cc6c45)cc3)n2)=C1. The van der Waals surface area contributed by atoms with Crippen LogP contribution in [0.4, 0.5) is 0 Å². The summed E-state index contributed by atoms with van der Waals surface area (Å²) in [5.41, 5.74) is 11.7. The molecule has 0 fully saturated rings. The molecule has 0 saturated heterocycles. The maximum Gasteiger partial charge on any atom is 0.164 e. The van der Waals surface area contributed by atoms with Crippen LogP contribution in [-0.4, -0.2) is 15.0 Å². The van der Waals surface area contributed by atoms with Crippen LogP contribution in [0.1, 0.15) is 18.7 Å². The van der Waals surface area contributed by atoms with E-state index in [1.807, 2.05) is 30.3 Å². The van der Waals surface area contributed by atoms with Gasteiger partial charge in [-0.25, -0.2) is 15.0 Å². The highest BCUT2D eigenvalue weighted by molar-refractivity contribution is 6.13. The Bertz CT molecular complexity index is 2870. The lowest BCUT2D eigenvalue weighted by Crippen LogP contribution is -2.03. The number of aromatic nitrogens is 3. The second kappa shape index (κ2) is 13.0. The van der Waals surface area contributed by atoms with Gasteiger partial charge in [-0.3, -0.25) is 0 Å². The highest BCUT2D eigenvalue weighted by Crippen LogP contribution is 2.39. The molecule has 53 heavy (non-hydrogen) atoms. The van der Waals surface area contributed by atoms with Crippen molar-refractivity contribution in [2.24, 2.45) is 0 Å². The fourth-order valence-corrected chi connectivity index (χ4v) is 7.42. The van der Waals surface area contributed by atoms with Gasteiger partial charge in [0.1, 0.15) is 11.2 Å². The van der Waals surface area contributed by atoms with Gasteiger partial charge in [0.2, 0.25) is 0 Å². The number of nitrogens with zero attached hydrogens (tertiary/aromatic N) is 3. The van der Waals surface area contributed by atoms with E-state index in [1.165, 1.54) is 27.5 Å². The van der Waals surface area contributed by atoms with E-state index in [-0.39, 0.29) is 0 Å². The molecule has 0 N–H and O–H groups in total. The van der Waals surface area contributed by atoms with E-state index < -0.39 is 0 Å². The van der Waals surface area contributed by atoms with Gasteiger partial charge in [-0.1, -0.05) is 152 Å². The molecule has 0 radical (unpaired) electrons. The molecule has 2 heterocycles. The first-order chi connectivity index (χ1) is 26.2. The zero-order chi connectivity index (χ0) is 35.1. The summed E-state index contributed by atoms with van der Waals surface area (Å²) in [5, 5.41) is 4.71. The fraction of sp³-hybridized carbons (Fsp3) is 0.0408. The first kappa shape index (κ1) is 30.9. The maximum absolute atomic E-state index is 6.40. The van der Waals surface area contributed by atoms with Crippen LogP contribution in [0.5, 0.6) is 0 Å². The van der Waals surface area contributed by atoms with Gasteiger partial charge in [-0.2, -0.15) is 0 Å². The number of fused-ring (bicyclic) bond motifs is 4. The molecule has 10 rings (SSSR count). The summed E-state index contributed by atoms with van der Waals surface area (Å²) < 4.78 is 6.40. The summed E-state index contributed by atoms with van der Waals surface area (Å²) in [4.78, 5) is 14.8. The van der Waals surface area contributed by atoms with Crippen LogP contribution in [-0.2, 0) is 0 Å². The Hall–Kier alpha value is -6.91. The lowest BCUT2D eigenvalue weighted by atomic mass is 9.95. The molecule has 0 amide bonds. The van der Waals surface area contributed by atoms with Crippen molar-refractivity contribution in [3.8, 4) is 56.2 Å². The first-order valence-electron chi connectivity index (χ1n) is 18.1. The lowest BCUT2D eigenvalue weighted by molar-refractivity contribution is 0.669. The molecule has 0 spiro atoms. The number of benzene rings is 7. The molecular weight excluding hydrogens is 647 g/mol. The molecule has 4 nitrogen and oxygen atoms in total. The van der Waals surface area contributed by atoms with Gasteiger partial charge in [0.25, 0.3) is 0 Å². The van der Waals surface area contributed by atoms with Gasteiger partial charge >= 0.3 is 0 Å². The number of furan rings is 1. The van der Waals surface area contributed by atoms with E-state index in [2.05, 4.69) is 146 Å². The highest BCUT2D eigenvalue weighted by Gasteiger charge is 2.17. The third-order valence-electron chi connectivity index (χ3n) is 10.2. The molecule has 9 aromatic rings. The Morgan fingerprint density at radius 2 is 1.06 bits per heavy atom. The summed E-state index contributed by atoms with van der Waals surface area (Å²) in [6, 6.07) is 55.5. The van der Waals surface area contributed by atoms with Crippen LogP contribution in [0, 0.1) is 0 Å². The van der Waals surface area contributed by atoms with Crippen molar-refractivity contribution in [2.75, 3.05) is 0 Å². The third-order valence-corrected chi connectivity index (χ3v) is 10.2. The van der Waals surface area contributed by atoms with E-state index in [0.717, 1.165) is 74.0 Å². The Labute approximate surface area is 307 Å². The monoisotopic (exact) mass is 679 g/mol. The van der Waals surface area contributed by atoms with Crippen LogP contribution in [0.3, 0.4) is 0 Å². The van der Waals surface area contributed by atoms with Gasteiger partial charge in [0.05, 0.1) is 0 Å². The van der Waals surface area contributed by atoms with Crippen molar-refractivity contribution in [1.82, 2.24) is 15.0 Å². The Kier molecular flexibility index (Phi) is 7.58. The number of hydrogen-bond donors (Lipinski definition) is 0. The normalized spacial score (nSPS) is 12.8. The predicted molar refractivity (Wildman–Crippen MR) is 218 cm³/mol. The van der Waals surface area contributed by atoms with Gasteiger partial charge < -0.3 is 4.42 Å². The summed E-state index contributed by atoms with van der Waals surface area (Å²) in [5.74, 6) is 2.08. The van der Waals surface area contributed by atoms with Gasteiger partial charge in [0.15, 0.2) is 17.5 Å². The fourth-order valence-electron chi connectivity index (χ4n) is 7.42. The Morgan fingerprint density at radius 3 is 1.81 bits per heavy atom. The maximum atomic E-state index is 6.40. The third kappa shape index (κ3) is 5.81. The molecule has 0 aliphatic heterocycles. The summed E-state index contributed by atoms with van der Waals surface area (Å²) in [6.07, 6.45) is 8.27. The number of hydrogen-bond acceptors (Lipinski definition) is 4. The second-order valence-electron chi connectivity index (χ2n) is 13.5. The van der Waals surface area contributed by atoms with Crippen LogP contribution >= 0.6 is 0 Å². The highest BCUT2D eigenvalue weighted by atomic mass is 16.3. The Balaban J connectivity index is 1.00. The van der Waals surface area contributed by atoms with Crippen LogP contribution in [0.2, 0.25) is 0 Å². The summed E-state index contributed by atoms with van der Waals surface area (Å²) in [6.45, 7) is 0. The molecule has 0 saturated carbocycles. The van der Waals surface area contributed by atoms with Gasteiger partial charge in [0, 0.05) is 21.9 Å². The Morgan fingerprint density at radius 1 is 0.434 bits per heavy atom. The molecule has 4 heteroatoms. The molecule has 1 aliphatic rings. The van der Waals surface area contributed by atoms with Crippen molar-refractivity contribution in [3.05, 3.63) is 182 Å². The molecule has 0 atom stereocenters. The number of rotatable bonds is 6. The van der Waals surface area contributed by atoms with Crippen LogP contribution in [0.15, 0.2) is 180 Å². The van der Waals surface area contributed by atoms with E-state index in [4.69, 9.17) is 19.4 Å². The smallest absolute Gasteiger partial charge is 0.164 e. The molecule has 0 unspecified atom stereocenters. The molecular formula is C49H33N3O. The van der Waals surface area contributed by atoms with E-state index >= 15 is 0 Å². The van der Waals surface area contributed by atoms with E-state index in [0.29, 0.717) is 11.6 Å². The predicted octanol–water partition coefficient (Wildman–Crippen LogP) is 13.0. The molecule has 1 aliphatic carbocycles. The summed E-state index contributed by atoms with van der Waals surface area (Å²) >= 11 is 0. The average Bonchev–Trinajstić information content (AvgIpc) is 3.62. The minimum atomic E-state index is 0.666. The minimum Gasteiger partial charge on any atom is -0.456 e. The molecule has 7 aromatic carbocycles. The average molecular weight is 680 g/mol. The topological polar surface area (TPSA) is 51.8 Å². The lowest BCUT2D eigenvalue weighted by Gasteiger charge is -2.12. The van der Waals surface area contributed by atoms with Crippen molar-refractivity contribution in [3.63, 3.8) is 0 Å². The van der Waals surface area contributed by atoms with Crippen LogP contribution < -0.4 is 0 Å². The first-order valence-corrected chi connectivity index (χ1v) is 18.1. The molecule has 250 valence electrons. The zero-order valence-electron chi connectivity index (χ0n) is 28.9. The van der Waals surface area contributed by atoms with E-state index in [9.17, 15) is 0 Å². The van der Waals surface area contributed by atoms with Crippen molar-refractivity contribution in [2.45, 2.75) is 12.8 Å². The van der Waals surface area contributed by atoms with E-state index in [1.54, 1.807) is 0 Å². The van der Waals surface area contributed by atoms with Gasteiger partial charge in [-0.05, 0) is 86.8 Å². The minimum absolute atomic E-state index is 0.666. The van der Waals surface area contributed by atoms with Crippen molar-refractivity contribution in [1.29, 1.82) is 0 Å².